The lowest BCUT2D eigenvalue weighted by Gasteiger charge is -2.14. The zero-order chi connectivity index (χ0) is 13.8. The van der Waals surface area contributed by atoms with Gasteiger partial charge in [-0.1, -0.05) is 11.3 Å². The molecule has 1 fully saturated rings. The Morgan fingerprint density at radius 3 is 2.74 bits per heavy atom. The molecule has 0 aliphatic carbocycles. The molecule has 2 rings (SSSR count). The highest BCUT2D eigenvalue weighted by Gasteiger charge is 2.19. The lowest BCUT2D eigenvalue weighted by Crippen LogP contribution is -2.32. The van der Waals surface area contributed by atoms with Crippen LogP contribution in [-0.4, -0.2) is 48.5 Å². The van der Waals surface area contributed by atoms with Crippen molar-refractivity contribution in [2.75, 3.05) is 32.1 Å². The molecule has 1 aromatic rings. The second kappa shape index (κ2) is 6.01. The van der Waals surface area contributed by atoms with E-state index in [9.17, 15) is 9.59 Å². The Balaban J connectivity index is 1.92. The Labute approximate surface area is 115 Å². The number of nitrogens with zero attached hydrogens (tertiary/aromatic N) is 2. The van der Waals surface area contributed by atoms with E-state index in [1.807, 2.05) is 4.90 Å². The SMILES string of the molecule is COC(=O)c1sc(NCC(=O)N2CCCC2)nc1C. The van der Waals surface area contributed by atoms with Gasteiger partial charge in [0.1, 0.15) is 4.88 Å². The van der Waals surface area contributed by atoms with E-state index in [-0.39, 0.29) is 12.5 Å². The topological polar surface area (TPSA) is 71.5 Å². The number of carbonyl (C=O) groups is 2. The van der Waals surface area contributed by atoms with Crippen LogP contribution in [0.15, 0.2) is 0 Å². The van der Waals surface area contributed by atoms with Crippen LogP contribution in [0, 0.1) is 6.92 Å². The van der Waals surface area contributed by atoms with Gasteiger partial charge in [0.25, 0.3) is 0 Å². The van der Waals surface area contributed by atoms with Gasteiger partial charge in [0.15, 0.2) is 5.13 Å². The van der Waals surface area contributed by atoms with Gasteiger partial charge in [0.05, 0.1) is 19.3 Å². The Bertz CT molecular complexity index is 481. The van der Waals surface area contributed by atoms with Gasteiger partial charge in [-0.3, -0.25) is 4.79 Å². The fraction of sp³-hybridized carbons (Fsp3) is 0.583. The van der Waals surface area contributed by atoms with Gasteiger partial charge in [0, 0.05) is 13.1 Å². The van der Waals surface area contributed by atoms with Crippen LogP contribution in [0.2, 0.25) is 0 Å². The number of thiazole rings is 1. The number of ether oxygens (including phenoxy) is 1. The number of aryl methyl sites for hydroxylation is 1. The van der Waals surface area contributed by atoms with E-state index in [0.29, 0.717) is 15.7 Å². The van der Waals surface area contributed by atoms with Gasteiger partial charge >= 0.3 is 5.97 Å². The van der Waals surface area contributed by atoms with Crippen molar-refractivity contribution >= 4 is 28.3 Å². The summed E-state index contributed by atoms with van der Waals surface area (Å²) in [6, 6.07) is 0. The number of hydrogen-bond acceptors (Lipinski definition) is 6. The largest absolute Gasteiger partial charge is 0.465 e. The molecule has 2 heterocycles. The van der Waals surface area contributed by atoms with Crippen molar-refractivity contribution in [2.45, 2.75) is 19.8 Å². The molecular formula is C12H17N3O3S. The number of nitrogens with one attached hydrogen (secondary N) is 1. The molecule has 1 amide bonds. The molecule has 1 aliphatic heterocycles. The zero-order valence-corrected chi connectivity index (χ0v) is 11.9. The molecule has 19 heavy (non-hydrogen) atoms. The highest BCUT2D eigenvalue weighted by molar-refractivity contribution is 7.17. The maximum Gasteiger partial charge on any atom is 0.350 e. The van der Waals surface area contributed by atoms with Crippen molar-refractivity contribution in [2.24, 2.45) is 0 Å². The molecular weight excluding hydrogens is 266 g/mol. The van der Waals surface area contributed by atoms with Crippen LogP contribution in [0.1, 0.15) is 28.2 Å². The third-order valence-corrected chi connectivity index (χ3v) is 4.11. The molecule has 0 atom stereocenters. The first kappa shape index (κ1) is 13.8. The van der Waals surface area contributed by atoms with Crippen LogP contribution in [0.3, 0.4) is 0 Å². The number of methoxy groups -OCH3 is 1. The summed E-state index contributed by atoms with van der Waals surface area (Å²) < 4.78 is 4.67. The number of rotatable bonds is 4. The first-order valence-electron chi connectivity index (χ1n) is 6.19. The minimum atomic E-state index is -0.395. The number of anilines is 1. The molecule has 6 nitrogen and oxygen atoms in total. The summed E-state index contributed by atoms with van der Waals surface area (Å²) >= 11 is 1.21. The Morgan fingerprint density at radius 1 is 1.42 bits per heavy atom. The lowest BCUT2D eigenvalue weighted by molar-refractivity contribution is -0.128. The van der Waals surface area contributed by atoms with Crippen LogP contribution >= 0.6 is 11.3 Å². The van der Waals surface area contributed by atoms with Crippen LogP contribution < -0.4 is 5.32 Å². The lowest BCUT2D eigenvalue weighted by atomic mass is 10.4. The van der Waals surface area contributed by atoms with Gasteiger partial charge in [0.2, 0.25) is 5.91 Å². The quantitative estimate of drug-likeness (QED) is 0.843. The minimum Gasteiger partial charge on any atom is -0.465 e. The van der Waals surface area contributed by atoms with Crippen LogP contribution in [0.4, 0.5) is 5.13 Å². The minimum absolute atomic E-state index is 0.0740. The first-order valence-corrected chi connectivity index (χ1v) is 7.01. The van der Waals surface area contributed by atoms with Gasteiger partial charge in [-0.2, -0.15) is 0 Å². The molecule has 1 aromatic heterocycles. The summed E-state index contributed by atoms with van der Waals surface area (Å²) in [5.74, 6) is -0.320. The summed E-state index contributed by atoms with van der Waals surface area (Å²) in [5, 5.41) is 3.54. The number of amides is 1. The van der Waals surface area contributed by atoms with E-state index >= 15 is 0 Å². The molecule has 0 saturated carbocycles. The summed E-state index contributed by atoms with van der Waals surface area (Å²) in [4.78, 5) is 29.8. The average molecular weight is 283 g/mol. The fourth-order valence-corrected chi connectivity index (χ4v) is 2.86. The first-order chi connectivity index (χ1) is 9.11. The second-order valence-corrected chi connectivity index (χ2v) is 5.37. The zero-order valence-electron chi connectivity index (χ0n) is 11.1. The van der Waals surface area contributed by atoms with Crippen LogP contribution in [-0.2, 0) is 9.53 Å². The average Bonchev–Trinajstić information content (AvgIpc) is 3.04. The molecule has 0 unspecified atom stereocenters. The number of carbonyl (C=O) groups excluding carboxylic acids is 2. The highest BCUT2D eigenvalue weighted by Crippen LogP contribution is 2.23. The molecule has 1 N–H and O–H groups in total. The maximum absolute atomic E-state index is 11.8. The van der Waals surface area contributed by atoms with E-state index in [1.165, 1.54) is 18.4 Å². The van der Waals surface area contributed by atoms with Gasteiger partial charge < -0.3 is 15.0 Å². The summed E-state index contributed by atoms with van der Waals surface area (Å²) in [7, 11) is 1.34. The molecule has 7 heteroatoms. The standard InChI is InChI=1S/C12H17N3O3S/c1-8-10(11(17)18-2)19-12(14-8)13-7-9(16)15-5-3-4-6-15/h3-7H2,1-2H3,(H,13,14). The van der Waals surface area contributed by atoms with E-state index in [2.05, 4.69) is 15.0 Å². The number of aromatic nitrogens is 1. The summed E-state index contributed by atoms with van der Waals surface area (Å²) in [5.41, 5.74) is 0.618. The third kappa shape index (κ3) is 3.23. The van der Waals surface area contributed by atoms with E-state index in [0.717, 1.165) is 25.9 Å². The smallest absolute Gasteiger partial charge is 0.350 e. The van der Waals surface area contributed by atoms with Crippen LogP contribution in [0.5, 0.6) is 0 Å². The molecule has 1 aliphatic rings. The van der Waals surface area contributed by atoms with Crippen molar-refractivity contribution < 1.29 is 14.3 Å². The van der Waals surface area contributed by atoms with Crippen molar-refractivity contribution in [3.63, 3.8) is 0 Å². The normalized spacial score (nSPS) is 14.5. The number of hydrogen-bond donors (Lipinski definition) is 1. The predicted molar refractivity (Wildman–Crippen MR) is 72.5 cm³/mol. The van der Waals surface area contributed by atoms with Crippen molar-refractivity contribution in [1.82, 2.24) is 9.88 Å². The highest BCUT2D eigenvalue weighted by atomic mass is 32.1. The van der Waals surface area contributed by atoms with E-state index < -0.39 is 5.97 Å². The molecule has 0 spiro atoms. The monoisotopic (exact) mass is 283 g/mol. The van der Waals surface area contributed by atoms with Crippen LogP contribution in [0.25, 0.3) is 0 Å². The summed E-state index contributed by atoms with van der Waals surface area (Å²) in [6.07, 6.45) is 2.16. The van der Waals surface area contributed by atoms with Crippen molar-refractivity contribution in [1.29, 1.82) is 0 Å². The Hall–Kier alpha value is -1.63. The van der Waals surface area contributed by atoms with Gasteiger partial charge in [-0.05, 0) is 19.8 Å². The van der Waals surface area contributed by atoms with Gasteiger partial charge in [-0.25, -0.2) is 9.78 Å². The number of likely N-dealkylation sites (tertiary alicyclic amines) is 1. The molecule has 104 valence electrons. The Kier molecular flexibility index (Phi) is 4.36. The predicted octanol–water partition coefficient (Wildman–Crippen LogP) is 1.27. The third-order valence-electron chi connectivity index (χ3n) is 3.02. The second-order valence-electron chi connectivity index (χ2n) is 4.37. The number of esters is 1. The summed E-state index contributed by atoms with van der Waals surface area (Å²) in [6.45, 7) is 3.64. The fourth-order valence-electron chi connectivity index (χ4n) is 1.98. The van der Waals surface area contributed by atoms with E-state index in [1.54, 1.807) is 6.92 Å². The molecule has 1 saturated heterocycles. The molecule has 0 bridgehead atoms. The molecule has 0 radical (unpaired) electrons. The Morgan fingerprint density at radius 2 is 2.11 bits per heavy atom. The maximum atomic E-state index is 11.8. The molecule has 0 aromatic carbocycles. The van der Waals surface area contributed by atoms with Crippen molar-refractivity contribution in [3.8, 4) is 0 Å². The van der Waals surface area contributed by atoms with Crippen molar-refractivity contribution in [3.05, 3.63) is 10.6 Å². The van der Waals surface area contributed by atoms with E-state index in [4.69, 9.17) is 0 Å². The van der Waals surface area contributed by atoms with Gasteiger partial charge in [-0.15, -0.1) is 0 Å².